The van der Waals surface area contributed by atoms with Crippen LogP contribution in [-0.4, -0.2) is 4.98 Å². The molecule has 0 atom stereocenters. The van der Waals surface area contributed by atoms with Crippen LogP contribution in [0.4, 0.5) is 10.2 Å². The van der Waals surface area contributed by atoms with Gasteiger partial charge in [-0.05, 0) is 30.7 Å². The molecular weight excluding hydrogens is 199 g/mol. The number of nitrogens with two attached hydrogens (primary N) is 1. The third kappa shape index (κ3) is 1.61. The van der Waals surface area contributed by atoms with E-state index in [0.29, 0.717) is 5.82 Å². The van der Waals surface area contributed by atoms with E-state index in [0.717, 1.165) is 16.1 Å². The van der Waals surface area contributed by atoms with Gasteiger partial charge in [-0.1, -0.05) is 0 Å². The van der Waals surface area contributed by atoms with Gasteiger partial charge in [0.1, 0.15) is 16.6 Å². The van der Waals surface area contributed by atoms with Crippen molar-refractivity contribution in [1.29, 1.82) is 0 Å². The molecule has 0 spiro atoms. The van der Waals surface area contributed by atoms with Crippen molar-refractivity contribution in [1.82, 2.24) is 4.98 Å². The Hall–Kier alpha value is -1.42. The van der Waals surface area contributed by atoms with E-state index in [1.807, 2.05) is 6.92 Å². The lowest BCUT2D eigenvalue weighted by Gasteiger charge is -2.01. The minimum absolute atomic E-state index is 0.226. The van der Waals surface area contributed by atoms with Gasteiger partial charge in [-0.25, -0.2) is 9.37 Å². The molecule has 4 heteroatoms. The van der Waals surface area contributed by atoms with Gasteiger partial charge in [-0.2, -0.15) is 0 Å². The molecule has 0 amide bonds. The van der Waals surface area contributed by atoms with E-state index in [9.17, 15) is 4.39 Å². The molecule has 0 aliphatic rings. The first kappa shape index (κ1) is 9.15. The van der Waals surface area contributed by atoms with Gasteiger partial charge >= 0.3 is 0 Å². The Morgan fingerprint density at radius 3 is 2.79 bits per heavy atom. The van der Waals surface area contributed by atoms with Crippen LogP contribution in [0.1, 0.15) is 5.56 Å². The van der Waals surface area contributed by atoms with E-state index in [1.165, 1.54) is 23.5 Å². The average Bonchev–Trinajstić information content (AvgIpc) is 2.51. The van der Waals surface area contributed by atoms with Crippen molar-refractivity contribution in [3.8, 4) is 10.6 Å². The smallest absolute Gasteiger partial charge is 0.135 e. The van der Waals surface area contributed by atoms with Crippen LogP contribution in [0.2, 0.25) is 0 Å². The Kier molecular flexibility index (Phi) is 2.21. The third-order valence-corrected chi connectivity index (χ3v) is 2.83. The van der Waals surface area contributed by atoms with Crippen LogP contribution in [0.25, 0.3) is 10.6 Å². The highest BCUT2D eigenvalue weighted by Gasteiger charge is 2.06. The molecule has 0 radical (unpaired) electrons. The second-order valence-electron chi connectivity index (χ2n) is 3.04. The molecule has 0 aliphatic carbocycles. The molecule has 1 heterocycles. The van der Waals surface area contributed by atoms with Crippen LogP contribution >= 0.6 is 11.3 Å². The molecule has 2 nitrogen and oxygen atoms in total. The van der Waals surface area contributed by atoms with Crippen molar-refractivity contribution < 1.29 is 4.39 Å². The van der Waals surface area contributed by atoms with Gasteiger partial charge in [0, 0.05) is 10.9 Å². The number of anilines is 1. The van der Waals surface area contributed by atoms with E-state index < -0.39 is 0 Å². The van der Waals surface area contributed by atoms with Crippen molar-refractivity contribution in [2.75, 3.05) is 5.73 Å². The first-order chi connectivity index (χ1) is 6.66. The number of nitrogen functional groups attached to an aromatic ring is 1. The summed E-state index contributed by atoms with van der Waals surface area (Å²) in [6.07, 6.45) is 0. The van der Waals surface area contributed by atoms with E-state index in [4.69, 9.17) is 5.73 Å². The topological polar surface area (TPSA) is 38.9 Å². The van der Waals surface area contributed by atoms with Crippen molar-refractivity contribution >= 4 is 17.2 Å². The molecule has 72 valence electrons. The fourth-order valence-electron chi connectivity index (χ4n) is 1.28. The maximum atomic E-state index is 12.8. The molecular formula is C10H9FN2S. The Morgan fingerprint density at radius 1 is 1.43 bits per heavy atom. The number of benzene rings is 1. The maximum Gasteiger partial charge on any atom is 0.135 e. The molecule has 0 aliphatic heterocycles. The van der Waals surface area contributed by atoms with Crippen LogP contribution in [0.5, 0.6) is 0 Å². The predicted molar refractivity (Wildman–Crippen MR) is 56.7 cm³/mol. The van der Waals surface area contributed by atoms with Crippen molar-refractivity contribution in [3.05, 3.63) is 35.0 Å². The number of halogens is 1. The molecule has 0 bridgehead atoms. The monoisotopic (exact) mass is 208 g/mol. The lowest BCUT2D eigenvalue weighted by molar-refractivity contribution is 0.627. The average molecular weight is 208 g/mol. The number of aromatic nitrogens is 1. The summed E-state index contributed by atoms with van der Waals surface area (Å²) in [6.45, 7) is 1.86. The first-order valence-electron chi connectivity index (χ1n) is 4.14. The van der Waals surface area contributed by atoms with Gasteiger partial charge in [0.2, 0.25) is 0 Å². The number of thiazole rings is 1. The lowest BCUT2D eigenvalue weighted by Crippen LogP contribution is -1.86. The molecule has 1 aromatic heterocycles. The largest absolute Gasteiger partial charge is 0.383 e. The molecule has 1 aromatic carbocycles. The lowest BCUT2D eigenvalue weighted by atomic mass is 10.1. The SMILES string of the molecule is Cc1cc(F)ccc1-c1nc(N)cs1. The summed E-state index contributed by atoms with van der Waals surface area (Å²) >= 11 is 1.46. The second kappa shape index (κ2) is 3.38. The predicted octanol–water partition coefficient (Wildman–Crippen LogP) is 2.84. The van der Waals surface area contributed by atoms with Crippen molar-refractivity contribution in [2.45, 2.75) is 6.92 Å². The van der Waals surface area contributed by atoms with Crippen LogP contribution < -0.4 is 5.73 Å². The van der Waals surface area contributed by atoms with Crippen molar-refractivity contribution in [3.63, 3.8) is 0 Å². The zero-order valence-electron chi connectivity index (χ0n) is 7.62. The van der Waals surface area contributed by atoms with Gasteiger partial charge in [0.25, 0.3) is 0 Å². The summed E-state index contributed by atoms with van der Waals surface area (Å²) in [4.78, 5) is 4.15. The van der Waals surface area contributed by atoms with Gasteiger partial charge in [0.05, 0.1) is 0 Å². The molecule has 0 saturated carbocycles. The molecule has 0 saturated heterocycles. The summed E-state index contributed by atoms with van der Waals surface area (Å²) in [7, 11) is 0. The molecule has 0 unspecified atom stereocenters. The maximum absolute atomic E-state index is 12.8. The molecule has 0 fully saturated rings. The number of nitrogens with zero attached hydrogens (tertiary/aromatic N) is 1. The highest BCUT2D eigenvalue weighted by Crippen LogP contribution is 2.27. The van der Waals surface area contributed by atoms with Crippen LogP contribution in [0, 0.1) is 12.7 Å². The molecule has 2 N–H and O–H groups in total. The van der Waals surface area contributed by atoms with Gasteiger partial charge in [-0.15, -0.1) is 11.3 Å². The van der Waals surface area contributed by atoms with E-state index >= 15 is 0 Å². The minimum Gasteiger partial charge on any atom is -0.383 e. The fourth-order valence-corrected chi connectivity index (χ4v) is 2.08. The molecule has 2 aromatic rings. The first-order valence-corrected chi connectivity index (χ1v) is 5.02. The summed E-state index contributed by atoms with van der Waals surface area (Å²) in [5.41, 5.74) is 7.33. The summed E-state index contributed by atoms with van der Waals surface area (Å²) in [5, 5.41) is 2.61. The third-order valence-electron chi connectivity index (χ3n) is 1.94. The van der Waals surface area contributed by atoms with Crippen LogP contribution in [0.3, 0.4) is 0 Å². The standard InChI is InChI=1S/C10H9FN2S/c1-6-4-7(11)2-3-8(6)10-13-9(12)5-14-10/h2-5H,12H2,1H3. The Morgan fingerprint density at radius 2 is 2.21 bits per heavy atom. The van der Waals surface area contributed by atoms with Gasteiger partial charge in [-0.3, -0.25) is 0 Å². The summed E-state index contributed by atoms with van der Waals surface area (Å²) < 4.78 is 12.8. The zero-order valence-corrected chi connectivity index (χ0v) is 8.44. The van der Waals surface area contributed by atoms with Crippen molar-refractivity contribution in [2.24, 2.45) is 0 Å². The number of aryl methyl sites for hydroxylation is 1. The van der Waals surface area contributed by atoms with E-state index in [1.54, 1.807) is 11.4 Å². The molecule has 2 rings (SSSR count). The Labute approximate surface area is 85.2 Å². The Balaban J connectivity index is 2.52. The van der Waals surface area contributed by atoms with Gasteiger partial charge in [0.15, 0.2) is 0 Å². The van der Waals surface area contributed by atoms with Crippen LogP contribution in [-0.2, 0) is 0 Å². The molecule has 14 heavy (non-hydrogen) atoms. The summed E-state index contributed by atoms with van der Waals surface area (Å²) in [5.74, 6) is 0.282. The zero-order chi connectivity index (χ0) is 10.1. The highest BCUT2D eigenvalue weighted by atomic mass is 32.1. The number of rotatable bonds is 1. The minimum atomic E-state index is -0.226. The normalized spacial score (nSPS) is 10.4. The quantitative estimate of drug-likeness (QED) is 0.782. The van der Waals surface area contributed by atoms with E-state index in [-0.39, 0.29) is 5.82 Å². The van der Waals surface area contributed by atoms with Crippen LogP contribution in [0.15, 0.2) is 23.6 Å². The fraction of sp³-hybridized carbons (Fsp3) is 0.100. The second-order valence-corrected chi connectivity index (χ2v) is 3.89. The highest BCUT2D eigenvalue weighted by molar-refractivity contribution is 7.13. The van der Waals surface area contributed by atoms with Gasteiger partial charge < -0.3 is 5.73 Å². The number of hydrogen-bond acceptors (Lipinski definition) is 3. The number of hydrogen-bond donors (Lipinski definition) is 1. The van der Waals surface area contributed by atoms with E-state index in [2.05, 4.69) is 4.98 Å². The Bertz CT molecular complexity index is 465. The summed E-state index contributed by atoms with van der Waals surface area (Å²) in [6, 6.07) is 4.65.